The molecule has 1 amide bonds. The van der Waals surface area contributed by atoms with Crippen LogP contribution in [0.25, 0.3) is 0 Å². The van der Waals surface area contributed by atoms with Gasteiger partial charge in [-0.1, -0.05) is 12.0 Å². The van der Waals surface area contributed by atoms with Crippen LogP contribution in [-0.2, 0) is 4.79 Å². The molecule has 4 nitrogen and oxygen atoms in total. The van der Waals surface area contributed by atoms with Crippen LogP contribution in [-0.4, -0.2) is 25.1 Å². The normalized spacial score (nSPS) is 11.2. The molecule has 0 aliphatic carbocycles. The third-order valence-corrected chi connectivity index (χ3v) is 2.29. The van der Waals surface area contributed by atoms with Crippen molar-refractivity contribution in [2.24, 2.45) is 0 Å². The van der Waals surface area contributed by atoms with E-state index in [1.54, 1.807) is 6.92 Å². The minimum absolute atomic E-state index is 0.130. The van der Waals surface area contributed by atoms with Crippen LogP contribution >= 0.6 is 0 Å². The Morgan fingerprint density at radius 2 is 2.33 bits per heavy atom. The first-order valence-corrected chi connectivity index (χ1v) is 5.88. The van der Waals surface area contributed by atoms with Crippen molar-refractivity contribution in [1.82, 2.24) is 5.32 Å². The second-order valence-electron chi connectivity index (χ2n) is 3.75. The Bertz CT molecular complexity index is 438. The number of terminal acetylenes is 1. The van der Waals surface area contributed by atoms with Gasteiger partial charge in [-0.15, -0.1) is 6.42 Å². The average Bonchev–Trinajstić information content (AvgIpc) is 2.36. The van der Waals surface area contributed by atoms with Crippen LogP contribution < -0.4 is 15.4 Å². The van der Waals surface area contributed by atoms with Gasteiger partial charge in [-0.05, 0) is 26.0 Å². The third kappa shape index (κ3) is 4.38. The maximum atomic E-state index is 11.6. The molecule has 2 N–H and O–H groups in total. The van der Waals surface area contributed by atoms with E-state index in [0.29, 0.717) is 6.61 Å². The standard InChI is InChI=1S/C14H18N2O2/c1-4-9-15-14(17)11(3)16-12-7-6-8-13(10-12)18-5-2/h1,6-8,10-11,16H,5,9H2,2-3H3,(H,15,17). The van der Waals surface area contributed by atoms with Crippen molar-refractivity contribution in [2.75, 3.05) is 18.5 Å². The molecule has 96 valence electrons. The quantitative estimate of drug-likeness (QED) is 0.750. The first-order chi connectivity index (χ1) is 8.67. The molecule has 0 aromatic heterocycles. The van der Waals surface area contributed by atoms with Gasteiger partial charge in [0.2, 0.25) is 5.91 Å². The average molecular weight is 246 g/mol. The fourth-order valence-corrected chi connectivity index (χ4v) is 1.45. The summed E-state index contributed by atoms with van der Waals surface area (Å²) in [7, 11) is 0. The number of carbonyl (C=O) groups is 1. The van der Waals surface area contributed by atoms with Gasteiger partial charge in [-0.2, -0.15) is 0 Å². The highest BCUT2D eigenvalue weighted by atomic mass is 16.5. The zero-order chi connectivity index (χ0) is 13.4. The van der Waals surface area contributed by atoms with E-state index in [2.05, 4.69) is 16.6 Å². The van der Waals surface area contributed by atoms with Crippen LogP contribution in [0, 0.1) is 12.3 Å². The Kier molecular flexibility index (Phi) is 5.59. The fourth-order valence-electron chi connectivity index (χ4n) is 1.45. The molecular formula is C14H18N2O2. The Labute approximate surface area is 108 Å². The van der Waals surface area contributed by atoms with Crippen LogP contribution in [0.1, 0.15) is 13.8 Å². The van der Waals surface area contributed by atoms with Crippen LogP contribution in [0.3, 0.4) is 0 Å². The molecule has 0 radical (unpaired) electrons. The summed E-state index contributed by atoms with van der Waals surface area (Å²) in [5.74, 6) is 3.01. The summed E-state index contributed by atoms with van der Waals surface area (Å²) in [6, 6.07) is 7.13. The van der Waals surface area contributed by atoms with E-state index in [4.69, 9.17) is 11.2 Å². The second kappa shape index (κ2) is 7.23. The van der Waals surface area contributed by atoms with Gasteiger partial charge < -0.3 is 15.4 Å². The van der Waals surface area contributed by atoms with Crippen molar-refractivity contribution in [3.63, 3.8) is 0 Å². The molecule has 1 unspecified atom stereocenters. The van der Waals surface area contributed by atoms with Gasteiger partial charge in [0.25, 0.3) is 0 Å². The lowest BCUT2D eigenvalue weighted by molar-refractivity contribution is -0.121. The summed E-state index contributed by atoms with van der Waals surface area (Å²) in [6.07, 6.45) is 5.08. The number of anilines is 1. The van der Waals surface area contributed by atoms with Crippen molar-refractivity contribution >= 4 is 11.6 Å². The first-order valence-electron chi connectivity index (χ1n) is 5.88. The number of rotatable bonds is 6. The van der Waals surface area contributed by atoms with Gasteiger partial charge in [0.1, 0.15) is 11.8 Å². The highest BCUT2D eigenvalue weighted by molar-refractivity contribution is 5.84. The Balaban J connectivity index is 2.58. The van der Waals surface area contributed by atoms with E-state index < -0.39 is 0 Å². The summed E-state index contributed by atoms with van der Waals surface area (Å²) >= 11 is 0. The number of amides is 1. The number of hydrogen-bond donors (Lipinski definition) is 2. The van der Waals surface area contributed by atoms with Gasteiger partial charge >= 0.3 is 0 Å². The lowest BCUT2D eigenvalue weighted by Crippen LogP contribution is -2.37. The lowest BCUT2D eigenvalue weighted by atomic mass is 10.2. The number of hydrogen-bond acceptors (Lipinski definition) is 3. The Hall–Kier alpha value is -2.15. The summed E-state index contributed by atoms with van der Waals surface area (Å²) in [5.41, 5.74) is 0.837. The predicted molar refractivity (Wildman–Crippen MR) is 72.5 cm³/mol. The van der Waals surface area contributed by atoms with Crippen molar-refractivity contribution in [1.29, 1.82) is 0 Å². The van der Waals surface area contributed by atoms with Gasteiger partial charge in [0.15, 0.2) is 0 Å². The summed E-state index contributed by atoms with van der Waals surface area (Å²) < 4.78 is 5.39. The summed E-state index contributed by atoms with van der Waals surface area (Å²) in [5, 5.41) is 5.71. The Morgan fingerprint density at radius 1 is 1.56 bits per heavy atom. The van der Waals surface area contributed by atoms with Crippen LogP contribution in [0.2, 0.25) is 0 Å². The SMILES string of the molecule is C#CCNC(=O)C(C)Nc1cccc(OCC)c1. The van der Waals surface area contributed by atoms with Crippen molar-refractivity contribution in [3.05, 3.63) is 24.3 Å². The molecule has 0 fully saturated rings. The molecule has 1 atom stereocenters. The maximum Gasteiger partial charge on any atom is 0.242 e. The highest BCUT2D eigenvalue weighted by Crippen LogP contribution is 2.17. The smallest absolute Gasteiger partial charge is 0.242 e. The highest BCUT2D eigenvalue weighted by Gasteiger charge is 2.11. The summed E-state index contributed by atoms with van der Waals surface area (Å²) in [6.45, 7) is 4.56. The topological polar surface area (TPSA) is 50.4 Å². The van der Waals surface area contributed by atoms with E-state index in [9.17, 15) is 4.79 Å². The van der Waals surface area contributed by atoms with Gasteiger partial charge in [0, 0.05) is 11.8 Å². The van der Waals surface area contributed by atoms with Crippen LogP contribution in [0.15, 0.2) is 24.3 Å². The zero-order valence-electron chi connectivity index (χ0n) is 10.7. The van der Waals surface area contributed by atoms with Crippen molar-refractivity contribution in [2.45, 2.75) is 19.9 Å². The van der Waals surface area contributed by atoms with E-state index in [1.165, 1.54) is 0 Å². The van der Waals surface area contributed by atoms with Gasteiger partial charge in [-0.3, -0.25) is 4.79 Å². The van der Waals surface area contributed by atoms with Crippen LogP contribution in [0.5, 0.6) is 5.75 Å². The van der Waals surface area contributed by atoms with Crippen molar-refractivity contribution < 1.29 is 9.53 Å². The molecule has 18 heavy (non-hydrogen) atoms. The molecule has 0 heterocycles. The first kappa shape index (κ1) is 13.9. The minimum Gasteiger partial charge on any atom is -0.494 e. The minimum atomic E-state index is -0.352. The van der Waals surface area contributed by atoms with Gasteiger partial charge in [0.05, 0.1) is 13.2 Å². The number of benzene rings is 1. The molecule has 0 aliphatic heterocycles. The Morgan fingerprint density at radius 3 is 3.00 bits per heavy atom. The molecule has 0 spiro atoms. The molecule has 1 aromatic carbocycles. The number of carbonyl (C=O) groups excluding carboxylic acids is 1. The molecule has 0 aliphatic rings. The maximum absolute atomic E-state index is 11.6. The molecular weight excluding hydrogens is 228 g/mol. The monoisotopic (exact) mass is 246 g/mol. The van der Waals surface area contributed by atoms with Crippen molar-refractivity contribution in [3.8, 4) is 18.1 Å². The molecule has 4 heteroatoms. The molecule has 0 saturated heterocycles. The van der Waals surface area contributed by atoms with E-state index in [1.807, 2.05) is 31.2 Å². The second-order valence-corrected chi connectivity index (χ2v) is 3.75. The van der Waals surface area contributed by atoms with E-state index >= 15 is 0 Å². The van der Waals surface area contributed by atoms with Gasteiger partial charge in [-0.25, -0.2) is 0 Å². The number of ether oxygens (including phenoxy) is 1. The van der Waals surface area contributed by atoms with E-state index in [-0.39, 0.29) is 18.5 Å². The fraction of sp³-hybridized carbons (Fsp3) is 0.357. The molecule has 0 bridgehead atoms. The molecule has 1 aromatic rings. The molecule has 1 rings (SSSR count). The summed E-state index contributed by atoms with van der Waals surface area (Å²) in [4.78, 5) is 11.6. The molecule has 0 saturated carbocycles. The van der Waals surface area contributed by atoms with Crippen LogP contribution in [0.4, 0.5) is 5.69 Å². The number of nitrogens with one attached hydrogen (secondary N) is 2. The largest absolute Gasteiger partial charge is 0.494 e. The predicted octanol–water partition coefficient (Wildman–Crippen LogP) is 1.64. The van der Waals surface area contributed by atoms with E-state index in [0.717, 1.165) is 11.4 Å². The lowest BCUT2D eigenvalue weighted by Gasteiger charge is -2.15. The third-order valence-electron chi connectivity index (χ3n) is 2.29. The zero-order valence-corrected chi connectivity index (χ0v) is 10.7.